The van der Waals surface area contributed by atoms with Gasteiger partial charge in [0, 0.05) is 12.1 Å². The summed E-state index contributed by atoms with van der Waals surface area (Å²) in [5.74, 6) is -4.82. The van der Waals surface area contributed by atoms with Crippen LogP contribution in [0.3, 0.4) is 0 Å². The first kappa shape index (κ1) is 20.1. The molecule has 1 N–H and O–H groups in total. The molecule has 1 aromatic heterocycles. The van der Waals surface area contributed by atoms with Gasteiger partial charge in [-0.3, -0.25) is 0 Å². The van der Waals surface area contributed by atoms with Gasteiger partial charge in [0.15, 0.2) is 0 Å². The van der Waals surface area contributed by atoms with Crippen molar-refractivity contribution in [3.63, 3.8) is 0 Å². The molecule has 0 fully saturated rings. The van der Waals surface area contributed by atoms with E-state index in [1.165, 1.54) is 6.07 Å². The number of hydrogen-bond donors (Lipinski definition) is 1. The predicted octanol–water partition coefficient (Wildman–Crippen LogP) is 4.69. The van der Waals surface area contributed by atoms with E-state index < -0.39 is 45.4 Å². The highest BCUT2D eigenvalue weighted by Gasteiger charge is 2.45. The fourth-order valence-corrected chi connectivity index (χ4v) is 5.08. The van der Waals surface area contributed by atoms with Crippen LogP contribution in [0.1, 0.15) is 18.4 Å². The Morgan fingerprint density at radius 3 is 2.12 bits per heavy atom. The lowest BCUT2D eigenvalue weighted by molar-refractivity contribution is -0.154. The van der Waals surface area contributed by atoms with E-state index in [2.05, 4.69) is 0 Å². The van der Waals surface area contributed by atoms with Crippen LogP contribution in [0.2, 0.25) is 4.34 Å². The summed E-state index contributed by atoms with van der Waals surface area (Å²) in [5.41, 5.74) is -0.718. The monoisotopic (exact) mass is 419 g/mol. The summed E-state index contributed by atoms with van der Waals surface area (Å²) in [4.78, 5) is 0. The molecular weight excluding hydrogens is 409 g/mol. The molecule has 138 valence electrons. The van der Waals surface area contributed by atoms with Crippen molar-refractivity contribution in [3.05, 3.63) is 51.9 Å². The maximum atomic E-state index is 13.4. The molecule has 0 spiro atoms. The number of sulfonamides is 1. The van der Waals surface area contributed by atoms with Crippen LogP contribution in [0, 0.1) is 11.6 Å². The van der Waals surface area contributed by atoms with Gasteiger partial charge in [0.25, 0.3) is 0 Å². The Labute approximate surface area is 149 Å². The average Bonchev–Trinajstić information content (AvgIpc) is 2.82. The molecule has 0 unspecified atom stereocenters. The summed E-state index contributed by atoms with van der Waals surface area (Å²) in [7, 11) is -4.28. The molecule has 3 nitrogen and oxygen atoms in total. The van der Waals surface area contributed by atoms with Crippen LogP contribution in [0.25, 0.3) is 0 Å². The van der Waals surface area contributed by atoms with Crippen molar-refractivity contribution in [2.75, 3.05) is 0 Å². The predicted molar refractivity (Wildman–Crippen MR) is 84.3 cm³/mol. The van der Waals surface area contributed by atoms with Crippen LogP contribution in [-0.4, -0.2) is 20.6 Å². The summed E-state index contributed by atoms with van der Waals surface area (Å²) >= 11 is 6.30. The van der Waals surface area contributed by atoms with E-state index in [4.69, 9.17) is 11.6 Å². The number of nitrogens with one attached hydrogen (secondary N) is 1. The van der Waals surface area contributed by atoms with Crippen molar-refractivity contribution >= 4 is 33.0 Å². The lowest BCUT2D eigenvalue weighted by Gasteiger charge is -2.27. The molecule has 0 aliphatic rings. The molecule has 1 aromatic carbocycles. The molecular formula is C14H11ClF5NO2S2. The van der Waals surface area contributed by atoms with E-state index in [1.807, 2.05) is 4.72 Å². The standard InChI is InChI=1S/C14H11ClF5NO2S2/c1-7(21-25(22,23)12-3-2-11(15)24-12)13(14(18,19)20)8-4-9(16)6-10(17)5-8/h2-7,13,21H,1H3/t7-,13+/m1/s1. The number of thiophene rings is 1. The Morgan fingerprint density at radius 2 is 1.68 bits per heavy atom. The number of alkyl halides is 3. The normalized spacial score (nSPS) is 15.2. The van der Waals surface area contributed by atoms with Gasteiger partial charge in [0.1, 0.15) is 15.8 Å². The van der Waals surface area contributed by atoms with Crippen molar-refractivity contribution in [2.24, 2.45) is 0 Å². The molecule has 0 aliphatic heterocycles. The van der Waals surface area contributed by atoms with Crippen LogP contribution in [0.15, 0.2) is 34.5 Å². The van der Waals surface area contributed by atoms with Crippen LogP contribution < -0.4 is 4.72 Å². The zero-order valence-corrected chi connectivity index (χ0v) is 14.8. The molecule has 0 radical (unpaired) electrons. The van der Waals surface area contributed by atoms with Crippen molar-refractivity contribution in [2.45, 2.75) is 29.3 Å². The highest BCUT2D eigenvalue weighted by atomic mass is 35.5. The van der Waals surface area contributed by atoms with Crippen molar-refractivity contribution < 1.29 is 30.4 Å². The highest BCUT2D eigenvalue weighted by Crippen LogP contribution is 2.38. The smallest absolute Gasteiger partial charge is 0.207 e. The maximum Gasteiger partial charge on any atom is 0.397 e. The van der Waals surface area contributed by atoms with Gasteiger partial charge in [-0.05, 0) is 36.8 Å². The lowest BCUT2D eigenvalue weighted by Crippen LogP contribution is -2.42. The Balaban J connectivity index is 2.38. The SMILES string of the molecule is C[C@@H](NS(=O)(=O)c1ccc(Cl)s1)[C@@H](c1cc(F)cc(F)c1)C(F)(F)F. The summed E-state index contributed by atoms with van der Waals surface area (Å²) in [6.45, 7) is 0.966. The molecule has 2 atom stereocenters. The molecule has 0 amide bonds. The first-order valence-corrected chi connectivity index (χ1v) is 9.38. The Kier molecular flexibility index (Phi) is 5.77. The topological polar surface area (TPSA) is 46.2 Å². The number of benzene rings is 1. The summed E-state index contributed by atoms with van der Waals surface area (Å²) < 4.78 is 92.9. The van der Waals surface area contributed by atoms with Crippen LogP contribution in [0.4, 0.5) is 22.0 Å². The van der Waals surface area contributed by atoms with Gasteiger partial charge < -0.3 is 0 Å². The average molecular weight is 420 g/mol. The molecule has 1 heterocycles. The maximum absolute atomic E-state index is 13.4. The van der Waals surface area contributed by atoms with Gasteiger partial charge in [-0.1, -0.05) is 11.6 Å². The Morgan fingerprint density at radius 1 is 1.12 bits per heavy atom. The molecule has 11 heteroatoms. The van der Waals surface area contributed by atoms with Crippen LogP contribution in [0.5, 0.6) is 0 Å². The fraction of sp³-hybridized carbons (Fsp3) is 0.286. The molecule has 0 aliphatic carbocycles. The second-order valence-corrected chi connectivity index (χ2v) is 8.85. The number of hydrogen-bond acceptors (Lipinski definition) is 3. The van der Waals surface area contributed by atoms with Gasteiger partial charge >= 0.3 is 6.18 Å². The van der Waals surface area contributed by atoms with E-state index >= 15 is 0 Å². The van der Waals surface area contributed by atoms with Crippen molar-refractivity contribution in [1.29, 1.82) is 0 Å². The van der Waals surface area contributed by atoms with E-state index in [0.717, 1.165) is 13.0 Å². The Hall–Kier alpha value is -1.23. The summed E-state index contributed by atoms with van der Waals surface area (Å²) in [5, 5.41) is 0. The van der Waals surface area contributed by atoms with E-state index in [0.29, 0.717) is 29.5 Å². The van der Waals surface area contributed by atoms with Gasteiger partial charge in [-0.2, -0.15) is 13.2 Å². The minimum atomic E-state index is -4.94. The third-order valence-electron chi connectivity index (χ3n) is 3.25. The van der Waals surface area contributed by atoms with Gasteiger partial charge in [0.2, 0.25) is 10.0 Å². The van der Waals surface area contributed by atoms with E-state index in [-0.39, 0.29) is 8.55 Å². The summed E-state index contributed by atoms with van der Waals surface area (Å²) in [6.07, 6.45) is -4.94. The molecule has 0 saturated carbocycles. The van der Waals surface area contributed by atoms with Crippen LogP contribution >= 0.6 is 22.9 Å². The van der Waals surface area contributed by atoms with Gasteiger partial charge in [-0.25, -0.2) is 21.9 Å². The lowest BCUT2D eigenvalue weighted by atomic mass is 9.92. The fourth-order valence-electron chi connectivity index (χ4n) is 2.33. The van der Waals surface area contributed by atoms with E-state index in [9.17, 15) is 30.4 Å². The molecule has 0 saturated heterocycles. The summed E-state index contributed by atoms with van der Waals surface area (Å²) in [6, 6.07) is 2.19. The molecule has 0 bridgehead atoms. The first-order valence-electron chi connectivity index (χ1n) is 6.70. The van der Waals surface area contributed by atoms with Gasteiger partial charge in [-0.15, -0.1) is 11.3 Å². The molecule has 2 rings (SSSR count). The van der Waals surface area contributed by atoms with Crippen LogP contribution in [-0.2, 0) is 10.0 Å². The minimum absolute atomic E-state index is 0.146. The first-order chi connectivity index (χ1) is 11.4. The quantitative estimate of drug-likeness (QED) is 0.714. The highest BCUT2D eigenvalue weighted by molar-refractivity contribution is 7.91. The van der Waals surface area contributed by atoms with E-state index in [1.54, 1.807) is 0 Å². The third kappa shape index (κ3) is 4.90. The largest absolute Gasteiger partial charge is 0.397 e. The number of halogens is 6. The minimum Gasteiger partial charge on any atom is -0.207 e. The number of rotatable bonds is 5. The molecule has 25 heavy (non-hydrogen) atoms. The van der Waals surface area contributed by atoms with Gasteiger partial charge in [0.05, 0.1) is 10.3 Å². The second-order valence-electron chi connectivity index (χ2n) is 5.19. The zero-order valence-electron chi connectivity index (χ0n) is 12.4. The third-order valence-corrected chi connectivity index (χ3v) is 6.53. The Bertz CT molecular complexity index is 846. The zero-order chi connectivity index (χ0) is 19.0. The second kappa shape index (κ2) is 7.18. The van der Waals surface area contributed by atoms with Crippen molar-refractivity contribution in [3.8, 4) is 0 Å². The molecule has 2 aromatic rings. The van der Waals surface area contributed by atoms with Crippen molar-refractivity contribution in [1.82, 2.24) is 4.72 Å².